The van der Waals surface area contributed by atoms with Crippen molar-refractivity contribution in [1.29, 1.82) is 0 Å². The Kier molecular flexibility index (Phi) is 3.13. The fourth-order valence-electron chi connectivity index (χ4n) is 1.23. The van der Waals surface area contributed by atoms with Gasteiger partial charge in [0, 0.05) is 5.56 Å². The molecule has 5 nitrogen and oxygen atoms in total. The van der Waals surface area contributed by atoms with Crippen LogP contribution in [0.1, 0.15) is 0 Å². The lowest BCUT2D eigenvalue weighted by molar-refractivity contribution is -0.0537. The zero-order chi connectivity index (χ0) is 12.5. The van der Waals surface area contributed by atoms with Gasteiger partial charge in [0.15, 0.2) is 0 Å². The van der Waals surface area contributed by atoms with Crippen LogP contribution in [0.3, 0.4) is 0 Å². The molecule has 0 aliphatic rings. The van der Waals surface area contributed by atoms with Crippen LogP contribution >= 0.6 is 11.3 Å². The van der Waals surface area contributed by atoms with Gasteiger partial charge in [-0.3, -0.25) is 0 Å². The molecule has 0 saturated heterocycles. The summed E-state index contributed by atoms with van der Waals surface area (Å²) >= 11 is 1.07. The normalized spacial score (nSPS) is 11.9. The number of halogens is 2. The van der Waals surface area contributed by atoms with Crippen molar-refractivity contribution in [3.05, 3.63) is 29.8 Å². The fourth-order valence-corrected chi connectivity index (χ4v) is 2.73. The van der Waals surface area contributed by atoms with Crippen LogP contribution < -0.4 is 0 Å². The molecule has 1 aromatic heterocycles. The summed E-state index contributed by atoms with van der Waals surface area (Å²) in [4.78, 5) is -0.498. The number of sulfonamides is 1. The van der Waals surface area contributed by atoms with E-state index in [0.29, 0.717) is 0 Å². The van der Waals surface area contributed by atoms with Gasteiger partial charge in [0.25, 0.3) is 10.0 Å². The summed E-state index contributed by atoms with van der Waals surface area (Å²) in [6.45, 7) is 0. The second-order valence-corrected chi connectivity index (χ2v) is 5.42. The van der Waals surface area contributed by atoms with Crippen LogP contribution in [0.2, 0.25) is 0 Å². The molecule has 1 aromatic carbocycles. The third-order valence-electron chi connectivity index (χ3n) is 1.94. The molecule has 0 atom stereocenters. The van der Waals surface area contributed by atoms with Crippen molar-refractivity contribution in [1.82, 2.24) is 14.9 Å². The predicted octanol–water partition coefficient (Wildman–Crippen LogP) is 1.96. The lowest BCUT2D eigenvalue weighted by Crippen LogP contribution is -2.15. The minimum atomic E-state index is -4.79. The van der Waals surface area contributed by atoms with Crippen LogP contribution in [0.4, 0.5) is 8.96 Å². The van der Waals surface area contributed by atoms with E-state index in [1.54, 1.807) is 0 Å². The first-order valence-corrected chi connectivity index (χ1v) is 6.58. The predicted molar refractivity (Wildman–Crippen MR) is 56.6 cm³/mol. The summed E-state index contributed by atoms with van der Waals surface area (Å²) < 4.78 is 45.6. The summed E-state index contributed by atoms with van der Waals surface area (Å²) in [7, 11) is -4.79. The number of nitrogens with zero attached hydrogens (tertiary/aromatic N) is 3. The molecule has 0 aliphatic carbocycles. The highest BCUT2D eigenvalue weighted by atomic mass is 32.2. The molecule has 2 aromatic rings. The Morgan fingerprint density at radius 3 is 2.53 bits per heavy atom. The van der Waals surface area contributed by atoms with Crippen LogP contribution in [0, 0.1) is 0 Å². The van der Waals surface area contributed by atoms with Crippen LogP contribution in [0.15, 0.2) is 34.7 Å². The maximum Gasteiger partial charge on any atom is 0.297 e. The van der Waals surface area contributed by atoms with Gasteiger partial charge in [-0.15, -0.1) is 10.2 Å². The van der Waals surface area contributed by atoms with Crippen LogP contribution in [-0.2, 0) is 10.0 Å². The summed E-state index contributed by atoms with van der Waals surface area (Å²) in [5, 5.41) is 7.47. The summed E-state index contributed by atoms with van der Waals surface area (Å²) in [5.41, 5.74) is 1.50. The first-order chi connectivity index (χ1) is 8.03. The molecule has 90 valence electrons. The van der Waals surface area contributed by atoms with Crippen molar-refractivity contribution in [2.45, 2.75) is 4.90 Å². The lowest BCUT2D eigenvalue weighted by Gasteiger charge is -2.07. The Hall–Kier alpha value is -1.45. The number of aromatic nitrogens is 2. The Morgan fingerprint density at radius 2 is 1.94 bits per heavy atom. The van der Waals surface area contributed by atoms with E-state index >= 15 is 0 Å². The molecule has 9 heteroatoms. The van der Waals surface area contributed by atoms with Crippen molar-refractivity contribution in [2.24, 2.45) is 0 Å². The molecule has 17 heavy (non-hydrogen) atoms. The van der Waals surface area contributed by atoms with Gasteiger partial charge in [0.2, 0.25) is 0 Å². The largest absolute Gasteiger partial charge is 0.297 e. The number of hydrogen-bond acceptors (Lipinski definition) is 5. The van der Waals surface area contributed by atoms with Gasteiger partial charge in [-0.2, -0.15) is 0 Å². The van der Waals surface area contributed by atoms with E-state index in [4.69, 9.17) is 0 Å². The van der Waals surface area contributed by atoms with Gasteiger partial charge in [0.05, 0.1) is 4.90 Å². The summed E-state index contributed by atoms with van der Waals surface area (Å²) in [6.07, 6.45) is 0. The van der Waals surface area contributed by atoms with E-state index in [2.05, 4.69) is 10.2 Å². The fraction of sp³-hybridized carbons (Fsp3) is 0. The van der Waals surface area contributed by atoms with Crippen molar-refractivity contribution >= 4 is 21.4 Å². The highest BCUT2D eigenvalue weighted by Gasteiger charge is 2.28. The molecule has 0 radical (unpaired) electrons. The van der Waals surface area contributed by atoms with E-state index in [9.17, 15) is 17.4 Å². The monoisotopic (exact) mass is 277 g/mol. The zero-order valence-electron chi connectivity index (χ0n) is 8.12. The number of rotatable bonds is 3. The second-order valence-electron chi connectivity index (χ2n) is 2.92. The average molecular weight is 277 g/mol. The van der Waals surface area contributed by atoms with E-state index in [1.807, 2.05) is 0 Å². The van der Waals surface area contributed by atoms with E-state index < -0.39 is 19.7 Å². The minimum Gasteiger partial charge on any atom is -0.202 e. The Bertz CT molecular complexity index is 613. The van der Waals surface area contributed by atoms with Crippen LogP contribution in [0.25, 0.3) is 10.6 Å². The molecule has 0 N–H and O–H groups in total. The topological polar surface area (TPSA) is 63.2 Å². The van der Waals surface area contributed by atoms with Crippen molar-refractivity contribution in [3.63, 3.8) is 0 Å². The van der Waals surface area contributed by atoms with Gasteiger partial charge >= 0.3 is 0 Å². The van der Waals surface area contributed by atoms with Crippen molar-refractivity contribution in [2.75, 3.05) is 0 Å². The number of hydrogen-bond donors (Lipinski definition) is 0. The average Bonchev–Trinajstić information content (AvgIpc) is 2.82. The summed E-state index contributed by atoms with van der Waals surface area (Å²) in [5.74, 6) is 0. The van der Waals surface area contributed by atoms with E-state index in [1.165, 1.54) is 23.7 Å². The van der Waals surface area contributed by atoms with Gasteiger partial charge < -0.3 is 0 Å². The second kappa shape index (κ2) is 4.43. The third-order valence-corrected chi connectivity index (χ3v) is 3.94. The molecule has 0 unspecified atom stereocenters. The molecule has 0 aliphatic heterocycles. The molecule has 1 heterocycles. The molecule has 0 amide bonds. The van der Waals surface area contributed by atoms with Crippen LogP contribution in [-0.4, -0.2) is 23.4 Å². The molecule has 2 rings (SSSR count). The smallest absolute Gasteiger partial charge is 0.202 e. The van der Waals surface area contributed by atoms with E-state index in [-0.39, 0.29) is 10.6 Å². The zero-order valence-corrected chi connectivity index (χ0v) is 9.75. The van der Waals surface area contributed by atoms with E-state index in [0.717, 1.165) is 17.4 Å². The SMILES string of the molecule is O=S(=O)(c1ccccc1-c1nncs1)N(F)F. The highest BCUT2D eigenvalue weighted by Crippen LogP contribution is 2.30. The minimum absolute atomic E-state index is 0.107. The molecular formula is C8H5F2N3O2S2. The van der Waals surface area contributed by atoms with Crippen molar-refractivity contribution in [3.8, 4) is 10.6 Å². The molecule has 0 fully saturated rings. The Balaban J connectivity index is 2.65. The van der Waals surface area contributed by atoms with Gasteiger partial charge in [-0.25, -0.2) is 8.42 Å². The maximum atomic E-state index is 12.3. The van der Waals surface area contributed by atoms with Gasteiger partial charge in [-0.05, 0) is 6.07 Å². The molecular weight excluding hydrogens is 272 g/mol. The molecule has 0 bridgehead atoms. The molecule has 0 saturated carbocycles. The van der Waals surface area contributed by atoms with Crippen LogP contribution in [0.5, 0.6) is 0 Å². The third kappa shape index (κ3) is 2.16. The standard InChI is InChI=1S/C8H5F2N3O2S2/c9-13(10)17(14,15)7-4-2-1-3-6(7)8-12-11-5-16-8/h1-5H. The van der Waals surface area contributed by atoms with Gasteiger partial charge in [-0.1, -0.05) is 38.5 Å². The quantitative estimate of drug-likeness (QED) is 0.805. The van der Waals surface area contributed by atoms with Gasteiger partial charge in [0.1, 0.15) is 15.3 Å². The summed E-state index contributed by atoms with van der Waals surface area (Å²) in [6, 6.07) is 5.40. The number of benzene rings is 1. The molecule has 0 spiro atoms. The maximum absolute atomic E-state index is 12.3. The first kappa shape index (κ1) is 12.0. The van der Waals surface area contributed by atoms with Crippen molar-refractivity contribution < 1.29 is 17.4 Å². The Labute approximate surface area is 99.3 Å². The Morgan fingerprint density at radius 1 is 1.24 bits per heavy atom. The highest BCUT2D eigenvalue weighted by molar-refractivity contribution is 7.89. The first-order valence-electron chi connectivity index (χ1n) is 4.26. The lowest BCUT2D eigenvalue weighted by atomic mass is 10.2.